The van der Waals surface area contributed by atoms with Crippen LogP contribution in [0, 0.1) is 5.92 Å². The first kappa shape index (κ1) is 18.4. The maximum atomic E-state index is 12.8. The van der Waals surface area contributed by atoms with Gasteiger partial charge in [0.2, 0.25) is 5.88 Å². The number of fused-ring (bicyclic) bond motifs is 1. The molecule has 1 amide bonds. The molecule has 1 saturated heterocycles. The van der Waals surface area contributed by atoms with Gasteiger partial charge in [0.05, 0.1) is 18.4 Å². The van der Waals surface area contributed by atoms with E-state index in [0.717, 1.165) is 12.8 Å². The molecule has 1 aromatic carbocycles. The number of ether oxygens (including phenoxy) is 1. The van der Waals surface area contributed by atoms with Crippen LogP contribution >= 0.6 is 0 Å². The number of aromatic nitrogens is 1. The number of pyridine rings is 1. The number of nitrogens with zero attached hydrogens (tertiary/aromatic N) is 3. The number of anilines is 1. The van der Waals surface area contributed by atoms with Gasteiger partial charge in [0, 0.05) is 31.3 Å². The van der Waals surface area contributed by atoms with E-state index in [1.54, 1.807) is 35.2 Å². The number of likely N-dealkylation sites (tertiary alicyclic amines) is 1. The standard InChI is InChI=1S/C19H20N4O4S/c1-27-17-9-8-13(11-20-17)19(24)23-10-4-5-14(12-23)18-21-15-6-2-3-7-16(15)28(25,26)22-18/h2-3,6-9,11,14H,4-5,10,12H2,1H3,(H,21,22)/t14-/m0/s1. The molecule has 1 atom stereocenters. The summed E-state index contributed by atoms with van der Waals surface area (Å²) in [6.45, 7) is 1.01. The zero-order valence-electron chi connectivity index (χ0n) is 15.3. The number of piperidine rings is 1. The number of amidine groups is 1. The lowest BCUT2D eigenvalue weighted by Crippen LogP contribution is -2.44. The molecule has 9 heteroatoms. The molecule has 2 aromatic rings. The van der Waals surface area contributed by atoms with E-state index >= 15 is 0 Å². The van der Waals surface area contributed by atoms with Crippen LogP contribution in [0.25, 0.3) is 0 Å². The molecule has 28 heavy (non-hydrogen) atoms. The average molecular weight is 400 g/mol. The molecule has 0 aliphatic carbocycles. The fourth-order valence-electron chi connectivity index (χ4n) is 3.51. The van der Waals surface area contributed by atoms with E-state index in [2.05, 4.69) is 14.7 Å². The molecular formula is C19H20N4O4S. The van der Waals surface area contributed by atoms with Gasteiger partial charge in [-0.1, -0.05) is 12.1 Å². The molecule has 0 bridgehead atoms. The van der Waals surface area contributed by atoms with E-state index in [1.165, 1.54) is 19.4 Å². The van der Waals surface area contributed by atoms with E-state index < -0.39 is 10.0 Å². The lowest BCUT2D eigenvalue weighted by atomic mass is 9.96. The minimum absolute atomic E-state index is 0.139. The summed E-state index contributed by atoms with van der Waals surface area (Å²) in [5, 5.41) is 3.14. The van der Waals surface area contributed by atoms with Crippen LogP contribution < -0.4 is 10.1 Å². The zero-order chi connectivity index (χ0) is 19.7. The van der Waals surface area contributed by atoms with Crippen LogP contribution in [-0.2, 0) is 10.0 Å². The summed E-state index contributed by atoms with van der Waals surface area (Å²) in [6, 6.07) is 10.0. The van der Waals surface area contributed by atoms with Gasteiger partial charge in [-0.15, -0.1) is 4.40 Å². The third-order valence-electron chi connectivity index (χ3n) is 4.93. The molecule has 1 aromatic heterocycles. The summed E-state index contributed by atoms with van der Waals surface area (Å²) in [4.78, 5) is 18.8. The predicted octanol–water partition coefficient (Wildman–Crippen LogP) is 2.16. The number of para-hydroxylation sites is 1. The van der Waals surface area contributed by atoms with Crippen molar-refractivity contribution in [3.05, 3.63) is 48.2 Å². The molecule has 1 fully saturated rings. The SMILES string of the molecule is COc1ccc(C(=O)N2CCC[C@H](C3=NS(=O)(=O)c4ccccc4N3)C2)cn1. The van der Waals surface area contributed by atoms with Crippen LogP contribution in [0.5, 0.6) is 5.88 Å². The molecule has 0 unspecified atom stereocenters. The number of nitrogens with one attached hydrogen (secondary N) is 1. The summed E-state index contributed by atoms with van der Waals surface area (Å²) in [5.41, 5.74) is 0.994. The van der Waals surface area contributed by atoms with Crippen molar-refractivity contribution in [1.82, 2.24) is 9.88 Å². The Bertz CT molecular complexity index is 1030. The largest absolute Gasteiger partial charge is 0.481 e. The van der Waals surface area contributed by atoms with Crippen LogP contribution in [0.15, 0.2) is 51.9 Å². The minimum atomic E-state index is -3.74. The second-order valence-electron chi connectivity index (χ2n) is 6.75. The predicted molar refractivity (Wildman–Crippen MR) is 104 cm³/mol. The molecule has 146 valence electrons. The van der Waals surface area contributed by atoms with E-state index in [1.807, 2.05) is 0 Å². The highest BCUT2D eigenvalue weighted by Gasteiger charge is 2.32. The Morgan fingerprint density at radius 3 is 2.82 bits per heavy atom. The maximum absolute atomic E-state index is 12.8. The molecule has 2 aliphatic rings. The normalized spacial score (nSPS) is 20.5. The van der Waals surface area contributed by atoms with Gasteiger partial charge in [-0.2, -0.15) is 8.42 Å². The van der Waals surface area contributed by atoms with Crippen LogP contribution in [-0.4, -0.2) is 50.2 Å². The highest BCUT2D eigenvalue weighted by Crippen LogP contribution is 2.30. The smallest absolute Gasteiger partial charge is 0.286 e. The van der Waals surface area contributed by atoms with Crippen LogP contribution in [0.1, 0.15) is 23.2 Å². The van der Waals surface area contributed by atoms with Gasteiger partial charge in [0.1, 0.15) is 10.7 Å². The van der Waals surface area contributed by atoms with Crippen LogP contribution in [0.2, 0.25) is 0 Å². The third kappa shape index (κ3) is 3.45. The number of hydrogen-bond acceptors (Lipinski definition) is 6. The van der Waals surface area contributed by atoms with Gasteiger partial charge < -0.3 is 15.0 Å². The van der Waals surface area contributed by atoms with Gasteiger partial charge in [-0.25, -0.2) is 4.98 Å². The quantitative estimate of drug-likeness (QED) is 0.847. The van der Waals surface area contributed by atoms with Crippen LogP contribution in [0.3, 0.4) is 0 Å². The number of sulfonamides is 1. The Hall–Kier alpha value is -2.94. The summed E-state index contributed by atoms with van der Waals surface area (Å²) in [7, 11) is -2.22. The highest BCUT2D eigenvalue weighted by atomic mass is 32.2. The Balaban J connectivity index is 1.54. The molecule has 4 rings (SSSR count). The Kier molecular flexibility index (Phi) is 4.76. The van der Waals surface area contributed by atoms with E-state index in [9.17, 15) is 13.2 Å². The third-order valence-corrected chi connectivity index (χ3v) is 6.28. The van der Waals surface area contributed by atoms with Crippen molar-refractivity contribution in [2.75, 3.05) is 25.5 Å². The van der Waals surface area contributed by atoms with E-state index in [4.69, 9.17) is 4.74 Å². The molecule has 2 aliphatic heterocycles. The van der Waals surface area contributed by atoms with Crippen molar-refractivity contribution >= 4 is 27.5 Å². The number of rotatable bonds is 3. The number of carbonyl (C=O) groups is 1. The number of carbonyl (C=O) groups excluding carboxylic acids is 1. The zero-order valence-corrected chi connectivity index (χ0v) is 16.1. The first-order valence-corrected chi connectivity index (χ1v) is 10.4. The lowest BCUT2D eigenvalue weighted by Gasteiger charge is -2.34. The Morgan fingerprint density at radius 1 is 1.25 bits per heavy atom. The fraction of sp³-hybridized carbons (Fsp3) is 0.316. The van der Waals surface area contributed by atoms with Crippen molar-refractivity contribution in [2.24, 2.45) is 10.3 Å². The van der Waals surface area contributed by atoms with Gasteiger partial charge in [-0.3, -0.25) is 4.79 Å². The van der Waals surface area contributed by atoms with Gasteiger partial charge in [-0.05, 0) is 31.0 Å². The summed E-state index contributed by atoms with van der Waals surface area (Å²) < 4.78 is 34.0. The molecular weight excluding hydrogens is 380 g/mol. The fourth-order valence-corrected chi connectivity index (χ4v) is 4.71. The maximum Gasteiger partial charge on any atom is 0.286 e. The molecule has 1 N–H and O–H groups in total. The van der Waals surface area contributed by atoms with Gasteiger partial charge >= 0.3 is 0 Å². The monoisotopic (exact) mass is 400 g/mol. The Labute approximate surface area is 163 Å². The number of methoxy groups -OCH3 is 1. The molecule has 0 radical (unpaired) electrons. The summed E-state index contributed by atoms with van der Waals surface area (Å²) in [5.74, 6) is 0.522. The molecule has 8 nitrogen and oxygen atoms in total. The van der Waals surface area contributed by atoms with Crippen LogP contribution in [0.4, 0.5) is 5.69 Å². The average Bonchev–Trinajstić information content (AvgIpc) is 2.73. The van der Waals surface area contributed by atoms with E-state index in [0.29, 0.717) is 36.1 Å². The summed E-state index contributed by atoms with van der Waals surface area (Å²) >= 11 is 0. The Morgan fingerprint density at radius 2 is 2.07 bits per heavy atom. The second-order valence-corrected chi connectivity index (χ2v) is 8.32. The topological polar surface area (TPSA) is 101 Å². The molecule has 0 spiro atoms. The van der Waals surface area contributed by atoms with Crippen molar-refractivity contribution in [2.45, 2.75) is 17.7 Å². The van der Waals surface area contributed by atoms with Gasteiger partial charge in [0.25, 0.3) is 15.9 Å². The number of hydrogen-bond donors (Lipinski definition) is 1. The van der Waals surface area contributed by atoms with Crippen molar-refractivity contribution < 1.29 is 17.9 Å². The molecule has 3 heterocycles. The lowest BCUT2D eigenvalue weighted by molar-refractivity contribution is 0.0702. The first-order chi connectivity index (χ1) is 13.5. The number of benzene rings is 1. The van der Waals surface area contributed by atoms with Crippen molar-refractivity contribution in [3.8, 4) is 5.88 Å². The first-order valence-electron chi connectivity index (χ1n) is 8.98. The molecule has 0 saturated carbocycles. The van der Waals surface area contributed by atoms with Gasteiger partial charge in [0.15, 0.2) is 0 Å². The van der Waals surface area contributed by atoms with Crippen molar-refractivity contribution in [3.63, 3.8) is 0 Å². The highest BCUT2D eigenvalue weighted by molar-refractivity contribution is 7.90. The summed E-state index contributed by atoms with van der Waals surface area (Å²) in [6.07, 6.45) is 3.01. The second kappa shape index (κ2) is 7.23. The van der Waals surface area contributed by atoms with Crippen molar-refractivity contribution in [1.29, 1.82) is 0 Å². The number of amides is 1. The van der Waals surface area contributed by atoms with E-state index in [-0.39, 0.29) is 16.7 Å². The minimum Gasteiger partial charge on any atom is -0.481 e.